The van der Waals surface area contributed by atoms with Gasteiger partial charge in [-0.25, -0.2) is 0 Å². The molecule has 2 aromatic carbocycles. The van der Waals surface area contributed by atoms with Gasteiger partial charge in [0.05, 0.1) is 17.7 Å². The van der Waals surface area contributed by atoms with Crippen LogP contribution in [0.5, 0.6) is 11.5 Å². The van der Waals surface area contributed by atoms with Crippen molar-refractivity contribution >= 4 is 34.2 Å². The Morgan fingerprint density at radius 2 is 2.18 bits per heavy atom. The number of aliphatic carboxylic acids is 1. The van der Waals surface area contributed by atoms with Gasteiger partial charge in [0.2, 0.25) is 0 Å². The second-order valence-electron chi connectivity index (χ2n) is 4.81. The largest absolute Gasteiger partial charge is 0.507 e. The van der Waals surface area contributed by atoms with E-state index in [-0.39, 0.29) is 11.5 Å². The minimum absolute atomic E-state index is 0.0699. The Labute approximate surface area is 133 Å². The predicted molar refractivity (Wildman–Crippen MR) is 90.4 cm³/mol. The van der Waals surface area contributed by atoms with Gasteiger partial charge in [-0.1, -0.05) is 12.1 Å². The number of aromatic hydroxyl groups is 1. The fraction of sp³-hybridized carbons (Fsp3) is 0.312. The van der Waals surface area contributed by atoms with Crippen LogP contribution in [0.25, 0.3) is 10.8 Å². The van der Waals surface area contributed by atoms with Crippen LogP contribution in [0.4, 0.5) is 5.69 Å². The lowest BCUT2D eigenvalue weighted by molar-refractivity contribution is -0.133. The van der Waals surface area contributed by atoms with Crippen LogP contribution >= 0.6 is 11.8 Å². The summed E-state index contributed by atoms with van der Waals surface area (Å²) in [5.74, 6) is 0.773. The van der Waals surface area contributed by atoms with Crippen LogP contribution in [-0.2, 0) is 4.79 Å². The van der Waals surface area contributed by atoms with Gasteiger partial charge in [0.15, 0.2) is 0 Å². The van der Waals surface area contributed by atoms with E-state index in [1.54, 1.807) is 6.07 Å². The van der Waals surface area contributed by atoms with Crippen LogP contribution in [0.1, 0.15) is 5.56 Å². The maximum absolute atomic E-state index is 10.5. The number of phenolic OH excluding ortho intramolecular Hbond substituents is 1. The Morgan fingerprint density at radius 1 is 1.41 bits per heavy atom. The Hall–Kier alpha value is -2.08. The van der Waals surface area contributed by atoms with E-state index >= 15 is 0 Å². The van der Waals surface area contributed by atoms with Gasteiger partial charge in [0.25, 0.3) is 0 Å². The van der Waals surface area contributed by atoms with Crippen molar-refractivity contribution in [3.05, 3.63) is 29.8 Å². The number of benzene rings is 2. The number of thioether (sulfide) groups is 1. The molecule has 2 rings (SSSR count). The van der Waals surface area contributed by atoms with Gasteiger partial charge < -0.3 is 20.3 Å². The van der Waals surface area contributed by atoms with Crippen LogP contribution < -0.4 is 10.1 Å². The predicted octanol–water partition coefficient (Wildman–Crippen LogP) is 3.09. The number of carbonyl (C=O) groups is 1. The number of nitrogens with one attached hydrogen (secondary N) is 1. The van der Waals surface area contributed by atoms with Crippen LogP contribution in [0.3, 0.4) is 0 Å². The second kappa shape index (κ2) is 7.26. The van der Waals surface area contributed by atoms with E-state index in [1.807, 2.05) is 32.2 Å². The number of hydrogen-bond acceptors (Lipinski definition) is 5. The summed E-state index contributed by atoms with van der Waals surface area (Å²) < 4.78 is 5.81. The number of fused-ring (bicyclic) bond motifs is 1. The Balaban J connectivity index is 2.25. The van der Waals surface area contributed by atoms with E-state index in [0.717, 1.165) is 22.0 Å². The van der Waals surface area contributed by atoms with Gasteiger partial charge in [0, 0.05) is 23.9 Å². The molecule has 0 radical (unpaired) electrons. The molecule has 118 valence electrons. The van der Waals surface area contributed by atoms with Crippen molar-refractivity contribution in [2.75, 3.05) is 30.5 Å². The molecule has 0 amide bonds. The number of carboxylic acid groups (broad SMARTS) is 1. The number of aryl methyl sites for hydroxylation is 1. The fourth-order valence-electron chi connectivity index (χ4n) is 2.26. The highest BCUT2D eigenvalue weighted by Crippen LogP contribution is 2.39. The zero-order valence-corrected chi connectivity index (χ0v) is 13.4. The van der Waals surface area contributed by atoms with Crippen LogP contribution in [-0.4, -0.2) is 41.3 Å². The van der Waals surface area contributed by atoms with Gasteiger partial charge in [-0.15, -0.1) is 11.8 Å². The molecule has 2 aromatic rings. The molecule has 3 N–H and O–H groups in total. The summed E-state index contributed by atoms with van der Waals surface area (Å²) in [4.78, 5) is 10.5. The molecule has 0 heterocycles. The maximum atomic E-state index is 10.5. The summed E-state index contributed by atoms with van der Waals surface area (Å²) in [5.41, 5.74) is 1.62. The number of phenols is 1. The molecule has 22 heavy (non-hydrogen) atoms. The molecule has 0 spiro atoms. The zero-order chi connectivity index (χ0) is 16.1. The first-order valence-electron chi connectivity index (χ1n) is 6.90. The third-order valence-corrected chi connectivity index (χ3v) is 4.17. The molecule has 0 unspecified atom stereocenters. The summed E-state index contributed by atoms with van der Waals surface area (Å²) in [6, 6.07) is 7.45. The molecule has 0 aliphatic carbocycles. The summed E-state index contributed by atoms with van der Waals surface area (Å²) >= 11 is 1.31. The van der Waals surface area contributed by atoms with E-state index in [1.165, 1.54) is 11.8 Å². The van der Waals surface area contributed by atoms with Crippen molar-refractivity contribution < 1.29 is 19.7 Å². The summed E-state index contributed by atoms with van der Waals surface area (Å²) in [5, 5.41) is 23.5. The van der Waals surface area contributed by atoms with Crippen molar-refractivity contribution in [2.24, 2.45) is 0 Å². The molecule has 0 atom stereocenters. The van der Waals surface area contributed by atoms with Crippen LogP contribution in [0, 0.1) is 6.92 Å². The van der Waals surface area contributed by atoms with Crippen molar-refractivity contribution in [3.63, 3.8) is 0 Å². The first kappa shape index (κ1) is 16.3. The van der Waals surface area contributed by atoms with Gasteiger partial charge in [-0.3, -0.25) is 4.79 Å². The van der Waals surface area contributed by atoms with Gasteiger partial charge in [0.1, 0.15) is 11.5 Å². The highest BCUT2D eigenvalue weighted by atomic mass is 32.2. The highest BCUT2D eigenvalue weighted by Gasteiger charge is 2.13. The summed E-state index contributed by atoms with van der Waals surface area (Å²) in [6.45, 7) is 2.24. The SMILES string of the molecule is CNc1cccc2c(O)c(C)cc(OCCSCC(=O)O)c12. The monoisotopic (exact) mass is 321 g/mol. The minimum atomic E-state index is -0.826. The van der Waals surface area contributed by atoms with Crippen molar-refractivity contribution in [3.8, 4) is 11.5 Å². The normalized spacial score (nSPS) is 10.6. The van der Waals surface area contributed by atoms with Gasteiger partial charge >= 0.3 is 5.97 Å². The number of hydrogen-bond donors (Lipinski definition) is 3. The molecule has 0 aliphatic heterocycles. The minimum Gasteiger partial charge on any atom is -0.507 e. The Morgan fingerprint density at radius 3 is 2.86 bits per heavy atom. The summed E-state index contributed by atoms with van der Waals surface area (Å²) in [6.07, 6.45) is 0. The standard InChI is InChI=1S/C16H19NO4S/c1-10-8-13(21-6-7-22-9-14(18)19)15-11(16(10)20)4-3-5-12(15)17-2/h3-5,8,17,20H,6-7,9H2,1-2H3,(H,18,19). The second-order valence-corrected chi connectivity index (χ2v) is 5.92. The molecule has 5 nitrogen and oxygen atoms in total. The van der Waals surface area contributed by atoms with E-state index in [4.69, 9.17) is 9.84 Å². The number of carboxylic acids is 1. The average molecular weight is 321 g/mol. The summed E-state index contributed by atoms with van der Waals surface area (Å²) in [7, 11) is 1.82. The average Bonchev–Trinajstić information content (AvgIpc) is 2.50. The highest BCUT2D eigenvalue weighted by molar-refractivity contribution is 7.99. The Bertz CT molecular complexity index is 687. The zero-order valence-electron chi connectivity index (χ0n) is 12.5. The third kappa shape index (κ3) is 3.57. The lowest BCUT2D eigenvalue weighted by atomic mass is 10.0. The number of ether oxygens (including phenoxy) is 1. The molecule has 6 heteroatoms. The quantitative estimate of drug-likeness (QED) is 0.680. The molecular weight excluding hydrogens is 302 g/mol. The number of rotatable bonds is 7. The van der Waals surface area contributed by atoms with Crippen molar-refractivity contribution in [2.45, 2.75) is 6.92 Å². The third-order valence-electron chi connectivity index (χ3n) is 3.27. The molecule has 0 aliphatic rings. The van der Waals surface area contributed by atoms with Crippen LogP contribution in [0.15, 0.2) is 24.3 Å². The van der Waals surface area contributed by atoms with Gasteiger partial charge in [-0.05, 0) is 24.6 Å². The first-order chi connectivity index (χ1) is 10.5. The van der Waals surface area contributed by atoms with Crippen molar-refractivity contribution in [1.29, 1.82) is 0 Å². The van der Waals surface area contributed by atoms with E-state index in [2.05, 4.69) is 5.32 Å². The van der Waals surface area contributed by atoms with Crippen molar-refractivity contribution in [1.82, 2.24) is 0 Å². The topological polar surface area (TPSA) is 78.8 Å². The van der Waals surface area contributed by atoms with E-state index < -0.39 is 5.97 Å². The Kier molecular flexibility index (Phi) is 5.38. The molecule has 0 bridgehead atoms. The van der Waals surface area contributed by atoms with Crippen LogP contribution in [0.2, 0.25) is 0 Å². The fourth-order valence-corrected chi connectivity index (χ4v) is 2.78. The molecule has 0 aromatic heterocycles. The molecule has 0 saturated heterocycles. The lowest BCUT2D eigenvalue weighted by Gasteiger charge is -2.15. The van der Waals surface area contributed by atoms with E-state index in [0.29, 0.717) is 18.1 Å². The maximum Gasteiger partial charge on any atom is 0.313 e. The van der Waals surface area contributed by atoms with Gasteiger partial charge in [-0.2, -0.15) is 0 Å². The molecule has 0 saturated carbocycles. The molecular formula is C16H19NO4S. The van der Waals surface area contributed by atoms with E-state index in [9.17, 15) is 9.90 Å². The first-order valence-corrected chi connectivity index (χ1v) is 8.05. The smallest absolute Gasteiger partial charge is 0.313 e. The molecule has 0 fully saturated rings. The lowest BCUT2D eigenvalue weighted by Crippen LogP contribution is -2.05. The number of anilines is 1.